The van der Waals surface area contributed by atoms with E-state index in [-0.39, 0.29) is 5.56 Å². The van der Waals surface area contributed by atoms with E-state index in [2.05, 4.69) is 14.7 Å². The molecule has 0 unspecified atom stereocenters. The van der Waals surface area contributed by atoms with Crippen molar-refractivity contribution in [3.63, 3.8) is 0 Å². The highest BCUT2D eigenvalue weighted by Gasteiger charge is 2.12. The summed E-state index contributed by atoms with van der Waals surface area (Å²) >= 11 is 1.08. The fraction of sp³-hybridized carbons (Fsp3) is 0.125. The minimum Gasteiger partial charge on any atom is -0.465 e. The summed E-state index contributed by atoms with van der Waals surface area (Å²) in [4.78, 5) is 29.2. The van der Waals surface area contributed by atoms with E-state index in [1.807, 2.05) is 0 Å². The summed E-state index contributed by atoms with van der Waals surface area (Å²) < 4.78 is 4.98. The number of rotatable bonds is 1. The van der Waals surface area contributed by atoms with E-state index in [0.29, 0.717) is 15.1 Å². The van der Waals surface area contributed by atoms with Crippen molar-refractivity contribution < 1.29 is 9.53 Å². The molecule has 0 amide bonds. The summed E-state index contributed by atoms with van der Waals surface area (Å²) in [6, 6.07) is 1.54. The number of carbonyl (C=O) groups is 1. The normalized spacial score (nSPS) is 10.4. The smallest absolute Gasteiger partial charge is 0.348 e. The van der Waals surface area contributed by atoms with E-state index in [4.69, 9.17) is 0 Å². The molecule has 2 aromatic heterocycles. The molecule has 1 N–H and O–H groups in total. The van der Waals surface area contributed by atoms with Gasteiger partial charge < -0.3 is 9.72 Å². The van der Waals surface area contributed by atoms with Gasteiger partial charge >= 0.3 is 5.97 Å². The Morgan fingerprint density at radius 1 is 1.64 bits per heavy atom. The van der Waals surface area contributed by atoms with Crippen molar-refractivity contribution >= 4 is 27.5 Å². The third-order valence-corrected chi connectivity index (χ3v) is 2.81. The molecule has 14 heavy (non-hydrogen) atoms. The van der Waals surface area contributed by atoms with E-state index in [9.17, 15) is 9.59 Å². The number of hydrogen-bond acceptors (Lipinski definition) is 5. The van der Waals surface area contributed by atoms with Crippen molar-refractivity contribution in [2.24, 2.45) is 0 Å². The molecule has 72 valence electrons. The van der Waals surface area contributed by atoms with Crippen LogP contribution in [0.5, 0.6) is 0 Å². The van der Waals surface area contributed by atoms with Gasteiger partial charge in [-0.1, -0.05) is 0 Å². The third kappa shape index (κ3) is 1.29. The van der Waals surface area contributed by atoms with E-state index < -0.39 is 5.97 Å². The second kappa shape index (κ2) is 3.22. The van der Waals surface area contributed by atoms with Crippen LogP contribution < -0.4 is 5.56 Å². The molecule has 2 aromatic rings. The van der Waals surface area contributed by atoms with Gasteiger partial charge in [0.05, 0.1) is 19.0 Å². The zero-order valence-corrected chi connectivity index (χ0v) is 8.05. The number of ether oxygens (including phenoxy) is 1. The first-order valence-electron chi connectivity index (χ1n) is 3.78. The maximum atomic E-state index is 11.3. The van der Waals surface area contributed by atoms with Gasteiger partial charge in [-0.2, -0.15) is 0 Å². The minimum absolute atomic E-state index is 0.241. The van der Waals surface area contributed by atoms with Gasteiger partial charge in [-0.05, 0) is 6.07 Å². The van der Waals surface area contributed by atoms with Crippen LogP contribution >= 0.6 is 11.3 Å². The number of nitrogens with zero attached hydrogens (tertiary/aromatic N) is 1. The van der Waals surface area contributed by atoms with Crippen LogP contribution in [0.1, 0.15) is 9.67 Å². The highest BCUT2D eigenvalue weighted by molar-refractivity contribution is 7.20. The highest BCUT2D eigenvalue weighted by atomic mass is 32.1. The lowest BCUT2D eigenvalue weighted by Crippen LogP contribution is -2.03. The van der Waals surface area contributed by atoms with Crippen molar-refractivity contribution in [1.29, 1.82) is 0 Å². The maximum absolute atomic E-state index is 11.3. The minimum atomic E-state index is -0.451. The molecule has 0 aliphatic heterocycles. The van der Waals surface area contributed by atoms with E-state index in [0.717, 1.165) is 11.3 Å². The topological polar surface area (TPSA) is 72.0 Å². The monoisotopic (exact) mass is 210 g/mol. The molecule has 0 aliphatic rings. The number of hydrogen-bond donors (Lipinski definition) is 1. The van der Waals surface area contributed by atoms with Crippen LogP contribution in [-0.2, 0) is 4.74 Å². The number of carbonyl (C=O) groups excluding carboxylic acids is 1. The third-order valence-electron chi connectivity index (χ3n) is 1.70. The molecule has 0 aromatic carbocycles. The quantitative estimate of drug-likeness (QED) is 0.706. The second-order valence-corrected chi connectivity index (χ2v) is 3.60. The summed E-state index contributed by atoms with van der Waals surface area (Å²) in [6.07, 6.45) is 1.30. The van der Waals surface area contributed by atoms with Crippen molar-refractivity contribution in [3.8, 4) is 0 Å². The van der Waals surface area contributed by atoms with Gasteiger partial charge in [0.25, 0.3) is 5.56 Å². The van der Waals surface area contributed by atoms with Crippen molar-refractivity contribution in [1.82, 2.24) is 9.97 Å². The maximum Gasteiger partial charge on any atom is 0.348 e. The number of fused-ring (bicyclic) bond motifs is 1. The number of H-pyrrole nitrogens is 1. The largest absolute Gasteiger partial charge is 0.465 e. The van der Waals surface area contributed by atoms with Gasteiger partial charge in [-0.25, -0.2) is 9.78 Å². The number of nitrogens with one attached hydrogen (secondary N) is 1. The number of aromatic nitrogens is 2. The van der Waals surface area contributed by atoms with Crippen LogP contribution in [0.2, 0.25) is 0 Å². The molecule has 5 nitrogen and oxygen atoms in total. The van der Waals surface area contributed by atoms with Gasteiger partial charge in [0.15, 0.2) is 0 Å². The summed E-state index contributed by atoms with van der Waals surface area (Å²) in [7, 11) is 1.30. The van der Waals surface area contributed by atoms with Crippen molar-refractivity contribution in [2.45, 2.75) is 0 Å². The Morgan fingerprint density at radius 2 is 2.43 bits per heavy atom. The molecule has 0 atom stereocenters. The molecule has 0 saturated heterocycles. The fourth-order valence-electron chi connectivity index (χ4n) is 1.07. The van der Waals surface area contributed by atoms with Crippen LogP contribution in [0.25, 0.3) is 10.2 Å². The SMILES string of the molecule is COC(=O)c1cc2nc[nH]c(=O)c2s1. The summed E-state index contributed by atoms with van der Waals surface area (Å²) in [5.41, 5.74) is 0.273. The lowest BCUT2D eigenvalue weighted by atomic mass is 10.4. The Kier molecular flexibility index (Phi) is 2.05. The number of thiophene rings is 1. The molecule has 0 saturated carbocycles. The standard InChI is InChI=1S/C8H6N2O3S/c1-13-8(12)5-2-4-6(14-5)7(11)10-3-9-4/h2-3H,1H3,(H,9,10,11). The number of esters is 1. The Balaban J connectivity index is 2.68. The summed E-state index contributed by atoms with van der Waals surface area (Å²) in [5, 5.41) is 0. The highest BCUT2D eigenvalue weighted by Crippen LogP contribution is 2.20. The van der Waals surface area contributed by atoms with E-state index >= 15 is 0 Å². The van der Waals surface area contributed by atoms with Crippen LogP contribution in [0.3, 0.4) is 0 Å². The average molecular weight is 210 g/mol. The number of aromatic amines is 1. The molecule has 0 bridgehead atoms. The summed E-state index contributed by atoms with van der Waals surface area (Å²) in [6.45, 7) is 0. The molecule has 0 spiro atoms. The molecular formula is C8H6N2O3S. The Bertz CT molecular complexity index is 543. The van der Waals surface area contributed by atoms with Crippen LogP contribution in [0, 0.1) is 0 Å². The fourth-order valence-corrected chi connectivity index (χ4v) is 1.99. The number of methoxy groups -OCH3 is 1. The average Bonchev–Trinajstić information content (AvgIpc) is 2.62. The first-order chi connectivity index (χ1) is 6.72. The van der Waals surface area contributed by atoms with E-state index in [1.54, 1.807) is 6.07 Å². The van der Waals surface area contributed by atoms with Gasteiger partial charge in [-0.15, -0.1) is 11.3 Å². The predicted molar refractivity (Wildman–Crippen MR) is 51.6 cm³/mol. The van der Waals surface area contributed by atoms with Crippen molar-refractivity contribution in [3.05, 3.63) is 27.6 Å². The van der Waals surface area contributed by atoms with Crippen LogP contribution in [0.15, 0.2) is 17.2 Å². The molecule has 0 aliphatic carbocycles. The molecular weight excluding hydrogens is 204 g/mol. The molecule has 0 radical (unpaired) electrons. The molecule has 2 heterocycles. The zero-order valence-electron chi connectivity index (χ0n) is 7.23. The van der Waals surface area contributed by atoms with E-state index in [1.165, 1.54) is 13.4 Å². The first-order valence-corrected chi connectivity index (χ1v) is 4.59. The first kappa shape index (κ1) is 8.89. The zero-order chi connectivity index (χ0) is 10.1. The molecule has 2 rings (SSSR count). The van der Waals surface area contributed by atoms with Gasteiger partial charge in [0, 0.05) is 0 Å². The van der Waals surface area contributed by atoms with Gasteiger partial charge in [-0.3, -0.25) is 4.79 Å². The van der Waals surface area contributed by atoms with Crippen LogP contribution in [-0.4, -0.2) is 23.0 Å². The summed E-state index contributed by atoms with van der Waals surface area (Å²) in [5.74, 6) is -0.451. The second-order valence-electron chi connectivity index (χ2n) is 2.55. The Labute approximate surface area is 82.4 Å². The van der Waals surface area contributed by atoms with Gasteiger partial charge in [0.1, 0.15) is 9.58 Å². The Hall–Kier alpha value is -1.69. The van der Waals surface area contributed by atoms with Crippen LogP contribution in [0.4, 0.5) is 0 Å². The lowest BCUT2D eigenvalue weighted by Gasteiger charge is -1.90. The predicted octanol–water partition coefficient (Wildman–Crippen LogP) is 0.771. The van der Waals surface area contributed by atoms with Gasteiger partial charge in [0.2, 0.25) is 0 Å². The Morgan fingerprint density at radius 3 is 3.07 bits per heavy atom. The lowest BCUT2D eigenvalue weighted by molar-refractivity contribution is 0.0606. The van der Waals surface area contributed by atoms with Crippen molar-refractivity contribution in [2.75, 3.05) is 7.11 Å². The molecule has 6 heteroatoms. The molecule has 0 fully saturated rings.